The van der Waals surface area contributed by atoms with Gasteiger partial charge in [-0.05, 0) is 125 Å². The van der Waals surface area contributed by atoms with Gasteiger partial charge in [0.25, 0.3) is 0 Å². The molecule has 0 aliphatic heterocycles. The molecule has 0 saturated heterocycles. The molecule has 4 N–H and O–H groups in total. The Morgan fingerprint density at radius 2 is 1.64 bits per heavy atom. The zero-order valence-corrected chi connectivity index (χ0v) is 21.3. The third kappa shape index (κ3) is 3.98. The summed E-state index contributed by atoms with van der Waals surface area (Å²) in [7, 11) is 0. The van der Waals surface area contributed by atoms with Gasteiger partial charge in [0.05, 0.1) is 5.60 Å². The zero-order chi connectivity index (χ0) is 24.7. The quantitative estimate of drug-likeness (QED) is 0.455. The van der Waals surface area contributed by atoms with Crippen LogP contribution in [0, 0.1) is 40.4 Å². The molecule has 4 aliphatic rings. The highest BCUT2D eigenvalue weighted by atomic mass is 19.4. The minimum Gasteiger partial charge on any atom is -0.390 e. The molecule has 4 fully saturated rings. The lowest BCUT2D eigenvalue weighted by molar-refractivity contribution is -0.256. The van der Waals surface area contributed by atoms with Crippen molar-refractivity contribution in [2.45, 2.75) is 128 Å². The standard InChI is InChI=1S/C27H46F3NO2/c1-17(8-12-25(5,33)27(28,29)30)19-6-7-20-18-9-13-26(31)16-22(2,32)14-15-24(26,4)21(18)10-11-23(19,20)3/h17-21,32-33H,6-16,31H2,1-5H3/t17-,18+,19-,20+,21+,22+,23-,24-,25+,26-/m1/s1. The highest BCUT2D eigenvalue weighted by molar-refractivity contribution is 5.17. The fourth-order valence-corrected chi connectivity index (χ4v) is 9.41. The van der Waals surface area contributed by atoms with Gasteiger partial charge in [-0.1, -0.05) is 20.8 Å². The second-order valence-corrected chi connectivity index (χ2v) is 13.7. The lowest BCUT2D eigenvalue weighted by atomic mass is 9.41. The number of aliphatic hydroxyl groups is 2. The van der Waals surface area contributed by atoms with E-state index in [9.17, 15) is 23.4 Å². The summed E-state index contributed by atoms with van der Waals surface area (Å²) >= 11 is 0. The highest BCUT2D eigenvalue weighted by Gasteiger charge is 2.65. The summed E-state index contributed by atoms with van der Waals surface area (Å²) in [5.41, 5.74) is 3.69. The van der Waals surface area contributed by atoms with E-state index in [0.717, 1.165) is 58.3 Å². The summed E-state index contributed by atoms with van der Waals surface area (Å²) in [4.78, 5) is 0. The maximum absolute atomic E-state index is 13.2. The van der Waals surface area contributed by atoms with Crippen LogP contribution in [0.15, 0.2) is 0 Å². The van der Waals surface area contributed by atoms with Crippen molar-refractivity contribution in [2.75, 3.05) is 0 Å². The van der Waals surface area contributed by atoms with E-state index in [1.807, 2.05) is 6.92 Å². The van der Waals surface area contributed by atoms with E-state index in [2.05, 4.69) is 20.8 Å². The molecule has 4 saturated carbocycles. The van der Waals surface area contributed by atoms with E-state index in [-0.39, 0.29) is 28.7 Å². The maximum Gasteiger partial charge on any atom is 0.416 e. The van der Waals surface area contributed by atoms with Crippen molar-refractivity contribution in [3.05, 3.63) is 0 Å². The fraction of sp³-hybridized carbons (Fsp3) is 1.00. The third-order valence-electron chi connectivity index (χ3n) is 11.7. The predicted molar refractivity (Wildman–Crippen MR) is 124 cm³/mol. The van der Waals surface area contributed by atoms with Gasteiger partial charge in [0.2, 0.25) is 0 Å². The molecule has 0 spiro atoms. The van der Waals surface area contributed by atoms with Crippen molar-refractivity contribution in [1.82, 2.24) is 0 Å². The van der Waals surface area contributed by atoms with Crippen LogP contribution < -0.4 is 5.73 Å². The summed E-state index contributed by atoms with van der Waals surface area (Å²) in [6.45, 7) is 9.74. The van der Waals surface area contributed by atoms with Crippen LogP contribution >= 0.6 is 0 Å². The first-order valence-corrected chi connectivity index (χ1v) is 13.3. The van der Waals surface area contributed by atoms with Gasteiger partial charge >= 0.3 is 6.18 Å². The molecule has 0 aromatic rings. The molecule has 0 unspecified atom stereocenters. The van der Waals surface area contributed by atoms with Gasteiger partial charge in [0.15, 0.2) is 5.60 Å². The Balaban J connectivity index is 1.49. The van der Waals surface area contributed by atoms with Gasteiger partial charge in [0.1, 0.15) is 0 Å². The first kappa shape index (κ1) is 25.8. The Kier molecular flexibility index (Phi) is 6.11. The van der Waals surface area contributed by atoms with Crippen LogP contribution in [0.25, 0.3) is 0 Å². The first-order valence-electron chi connectivity index (χ1n) is 13.3. The lowest BCUT2D eigenvalue weighted by Gasteiger charge is -2.66. The largest absolute Gasteiger partial charge is 0.416 e. The van der Waals surface area contributed by atoms with E-state index in [0.29, 0.717) is 36.5 Å². The van der Waals surface area contributed by atoms with Gasteiger partial charge in [-0.3, -0.25) is 0 Å². The number of fused-ring (bicyclic) bond motifs is 5. The van der Waals surface area contributed by atoms with Crippen molar-refractivity contribution in [2.24, 2.45) is 46.2 Å². The minimum atomic E-state index is -4.58. The number of hydrogen-bond acceptors (Lipinski definition) is 3. The van der Waals surface area contributed by atoms with E-state index < -0.39 is 17.4 Å². The summed E-state index contributed by atoms with van der Waals surface area (Å²) in [5.74, 6) is 2.39. The van der Waals surface area contributed by atoms with E-state index in [1.165, 1.54) is 0 Å². The molecule has 0 heterocycles. The van der Waals surface area contributed by atoms with Crippen LogP contribution in [0.5, 0.6) is 0 Å². The summed E-state index contributed by atoms with van der Waals surface area (Å²) < 4.78 is 39.5. The zero-order valence-electron chi connectivity index (χ0n) is 21.3. The van der Waals surface area contributed by atoms with Crippen molar-refractivity contribution in [3.63, 3.8) is 0 Å². The Hall–Kier alpha value is -0.330. The maximum atomic E-state index is 13.2. The van der Waals surface area contributed by atoms with Crippen molar-refractivity contribution >= 4 is 0 Å². The average Bonchev–Trinajstić information content (AvgIpc) is 3.03. The monoisotopic (exact) mass is 473 g/mol. The Morgan fingerprint density at radius 3 is 2.27 bits per heavy atom. The molecule has 33 heavy (non-hydrogen) atoms. The van der Waals surface area contributed by atoms with Crippen LogP contribution in [0.2, 0.25) is 0 Å². The highest BCUT2D eigenvalue weighted by Crippen LogP contribution is 2.69. The van der Waals surface area contributed by atoms with Gasteiger partial charge in [-0.15, -0.1) is 0 Å². The number of halogens is 3. The number of hydrogen-bond donors (Lipinski definition) is 3. The van der Waals surface area contributed by atoms with Crippen molar-refractivity contribution in [1.29, 1.82) is 0 Å². The molecule has 4 rings (SSSR count). The second-order valence-electron chi connectivity index (χ2n) is 13.7. The SMILES string of the molecule is C[C@H](CC[C@](C)(O)C(F)(F)F)[C@H]1CC[C@H]2[C@@H]3CC[C@@]4(N)C[C@@](C)(O)CC[C@]4(C)[C@H]3CC[C@]12C. The number of alkyl halides is 3. The predicted octanol–water partition coefficient (Wildman–Crippen LogP) is 6.21. The van der Waals surface area contributed by atoms with Crippen LogP contribution in [0.3, 0.4) is 0 Å². The van der Waals surface area contributed by atoms with Crippen molar-refractivity contribution < 1.29 is 23.4 Å². The molecular formula is C27H46F3NO2. The van der Waals surface area contributed by atoms with Crippen LogP contribution in [0.1, 0.15) is 105 Å². The Bertz CT molecular complexity index is 752. The first-order chi connectivity index (χ1) is 15.0. The van der Waals surface area contributed by atoms with Gasteiger partial charge in [-0.2, -0.15) is 13.2 Å². The average molecular weight is 474 g/mol. The third-order valence-corrected chi connectivity index (χ3v) is 11.7. The van der Waals surface area contributed by atoms with Gasteiger partial charge in [-0.25, -0.2) is 0 Å². The molecule has 192 valence electrons. The molecular weight excluding hydrogens is 427 g/mol. The topological polar surface area (TPSA) is 66.5 Å². The smallest absolute Gasteiger partial charge is 0.390 e. The van der Waals surface area contributed by atoms with Crippen LogP contribution in [0.4, 0.5) is 13.2 Å². The molecule has 0 aromatic heterocycles. The normalized spacial score (nSPS) is 50.6. The Morgan fingerprint density at radius 1 is 0.970 bits per heavy atom. The molecule has 6 heteroatoms. The summed E-state index contributed by atoms with van der Waals surface area (Å²) in [6, 6.07) is 0. The molecule has 0 amide bonds. The number of rotatable bonds is 4. The van der Waals surface area contributed by atoms with Gasteiger partial charge in [0, 0.05) is 5.54 Å². The lowest BCUT2D eigenvalue weighted by Crippen LogP contribution is -2.68. The summed E-state index contributed by atoms with van der Waals surface area (Å²) in [6.07, 6.45) is 4.64. The minimum absolute atomic E-state index is 0.0502. The van der Waals surface area contributed by atoms with Crippen LogP contribution in [-0.2, 0) is 0 Å². The van der Waals surface area contributed by atoms with E-state index >= 15 is 0 Å². The molecule has 10 atom stereocenters. The number of nitrogens with two attached hydrogens (primary N) is 1. The second kappa shape index (κ2) is 7.83. The molecule has 0 bridgehead atoms. The van der Waals surface area contributed by atoms with Crippen molar-refractivity contribution in [3.8, 4) is 0 Å². The molecule has 3 nitrogen and oxygen atoms in total. The summed E-state index contributed by atoms with van der Waals surface area (Å²) in [5, 5.41) is 20.7. The molecule has 4 aliphatic carbocycles. The van der Waals surface area contributed by atoms with E-state index in [1.54, 1.807) is 0 Å². The van der Waals surface area contributed by atoms with E-state index in [4.69, 9.17) is 5.73 Å². The molecule has 0 aromatic carbocycles. The van der Waals surface area contributed by atoms with Gasteiger partial charge < -0.3 is 15.9 Å². The Labute approximate surface area is 198 Å². The van der Waals surface area contributed by atoms with Crippen LogP contribution in [-0.4, -0.2) is 33.1 Å². The molecule has 0 radical (unpaired) electrons. The fourth-order valence-electron chi connectivity index (χ4n) is 9.41.